The van der Waals surface area contributed by atoms with E-state index in [-0.39, 0.29) is 47.8 Å². The third-order valence-corrected chi connectivity index (χ3v) is 7.02. The molecule has 0 aromatic carbocycles. The van der Waals surface area contributed by atoms with E-state index < -0.39 is 24.4 Å². The smallest absolute Gasteiger partial charge is 0.311 e. The van der Waals surface area contributed by atoms with Crippen molar-refractivity contribution >= 4 is 11.8 Å². The SMILES string of the molecule is CC[C@H]1OC(=O)[C@H](C)[C@@H](O[C@@H]2O[C@H](C)C[C@H](N(C)C)[C@H]2O)[C@@H](C)C[C@@H](C)C(=O)C=C[C@H]1C. The lowest BCUT2D eigenvalue weighted by Crippen LogP contribution is -2.56. The second-order valence-corrected chi connectivity index (χ2v) is 10.1. The second-order valence-electron chi connectivity index (χ2n) is 10.1. The van der Waals surface area contributed by atoms with Crippen LogP contribution >= 0.6 is 0 Å². The summed E-state index contributed by atoms with van der Waals surface area (Å²) in [5.41, 5.74) is 0. The van der Waals surface area contributed by atoms with Gasteiger partial charge in [0.15, 0.2) is 12.1 Å². The van der Waals surface area contributed by atoms with Crippen LogP contribution in [0.2, 0.25) is 0 Å². The fourth-order valence-electron chi connectivity index (χ4n) is 4.85. The molecule has 7 nitrogen and oxygen atoms in total. The molecule has 10 atom stereocenters. The summed E-state index contributed by atoms with van der Waals surface area (Å²) in [4.78, 5) is 27.7. The van der Waals surface area contributed by atoms with Crippen LogP contribution in [0.3, 0.4) is 0 Å². The Bertz CT molecular complexity index is 665. The molecule has 1 saturated heterocycles. The molecular formula is C25H43NO6. The Morgan fingerprint density at radius 1 is 1.12 bits per heavy atom. The number of esters is 1. The lowest BCUT2D eigenvalue weighted by Gasteiger charge is -2.43. The van der Waals surface area contributed by atoms with Crippen LogP contribution in [0.1, 0.15) is 60.8 Å². The van der Waals surface area contributed by atoms with Gasteiger partial charge in [0.1, 0.15) is 12.2 Å². The van der Waals surface area contributed by atoms with Crippen molar-refractivity contribution in [1.82, 2.24) is 4.90 Å². The van der Waals surface area contributed by atoms with Gasteiger partial charge in [-0.05, 0) is 59.2 Å². The van der Waals surface area contributed by atoms with Crippen molar-refractivity contribution in [3.8, 4) is 0 Å². The normalized spacial score (nSPS) is 42.3. The van der Waals surface area contributed by atoms with E-state index in [1.807, 2.05) is 59.7 Å². The first-order chi connectivity index (χ1) is 15.0. The molecule has 0 aromatic rings. The number of allylic oxidation sites excluding steroid dienone is 1. The molecule has 0 aliphatic carbocycles. The van der Waals surface area contributed by atoms with Gasteiger partial charge in [-0.3, -0.25) is 9.59 Å². The van der Waals surface area contributed by atoms with E-state index in [4.69, 9.17) is 14.2 Å². The van der Waals surface area contributed by atoms with Gasteiger partial charge in [-0.25, -0.2) is 0 Å². The van der Waals surface area contributed by atoms with E-state index in [0.29, 0.717) is 19.3 Å². The molecule has 1 fully saturated rings. The zero-order valence-corrected chi connectivity index (χ0v) is 21.0. The monoisotopic (exact) mass is 453 g/mol. The van der Waals surface area contributed by atoms with E-state index in [0.717, 1.165) is 0 Å². The number of ether oxygens (including phenoxy) is 3. The zero-order chi connectivity index (χ0) is 24.2. The average molecular weight is 454 g/mol. The van der Waals surface area contributed by atoms with E-state index in [2.05, 4.69) is 0 Å². The minimum absolute atomic E-state index is 0.0614. The van der Waals surface area contributed by atoms with Crippen molar-refractivity contribution in [1.29, 1.82) is 0 Å². The second kappa shape index (κ2) is 11.7. The highest BCUT2D eigenvalue weighted by Gasteiger charge is 2.42. The maximum atomic E-state index is 13.1. The number of cyclic esters (lactones) is 1. The third-order valence-electron chi connectivity index (χ3n) is 7.02. The summed E-state index contributed by atoms with van der Waals surface area (Å²) in [5.74, 6) is -1.21. The summed E-state index contributed by atoms with van der Waals surface area (Å²) in [6.07, 6.45) is 2.73. The molecule has 0 spiro atoms. The number of hydrogen-bond acceptors (Lipinski definition) is 7. The maximum absolute atomic E-state index is 13.1. The Hall–Kier alpha value is -1.28. The largest absolute Gasteiger partial charge is 0.461 e. The van der Waals surface area contributed by atoms with E-state index in [9.17, 15) is 14.7 Å². The fraction of sp³-hybridized carbons (Fsp3) is 0.840. The van der Waals surface area contributed by atoms with Crippen LogP contribution in [-0.2, 0) is 23.8 Å². The number of aliphatic hydroxyl groups excluding tert-OH is 1. The minimum Gasteiger partial charge on any atom is -0.461 e. The van der Waals surface area contributed by atoms with Gasteiger partial charge in [0.05, 0.1) is 18.1 Å². The molecule has 1 N–H and O–H groups in total. The molecule has 184 valence electrons. The fourth-order valence-corrected chi connectivity index (χ4v) is 4.85. The highest BCUT2D eigenvalue weighted by Crippen LogP contribution is 2.32. The molecule has 0 radical (unpaired) electrons. The van der Waals surface area contributed by atoms with E-state index >= 15 is 0 Å². The Morgan fingerprint density at radius 2 is 1.78 bits per heavy atom. The Kier molecular flexibility index (Phi) is 9.88. The van der Waals surface area contributed by atoms with Crippen LogP contribution in [-0.4, -0.2) is 72.6 Å². The maximum Gasteiger partial charge on any atom is 0.311 e. The molecule has 2 aliphatic heterocycles. The highest BCUT2D eigenvalue weighted by atomic mass is 16.7. The Morgan fingerprint density at radius 3 is 2.38 bits per heavy atom. The van der Waals surface area contributed by atoms with Crippen LogP contribution in [0.15, 0.2) is 12.2 Å². The van der Waals surface area contributed by atoms with Crippen LogP contribution < -0.4 is 0 Å². The average Bonchev–Trinajstić information content (AvgIpc) is 2.73. The van der Waals surface area contributed by atoms with Crippen molar-refractivity contribution < 1.29 is 28.9 Å². The molecule has 0 unspecified atom stereocenters. The number of hydrogen-bond donors (Lipinski definition) is 1. The number of carbonyl (C=O) groups is 2. The molecule has 32 heavy (non-hydrogen) atoms. The summed E-state index contributed by atoms with van der Waals surface area (Å²) in [7, 11) is 3.85. The number of likely N-dealkylation sites (N-methyl/N-ethyl adjacent to an activating group) is 1. The van der Waals surface area contributed by atoms with Gasteiger partial charge in [0.25, 0.3) is 0 Å². The third kappa shape index (κ3) is 6.62. The molecule has 0 amide bonds. The first-order valence-corrected chi connectivity index (χ1v) is 12.0. The first kappa shape index (κ1) is 27.0. The van der Waals surface area contributed by atoms with Crippen molar-refractivity contribution in [2.24, 2.45) is 23.7 Å². The van der Waals surface area contributed by atoms with E-state index in [1.165, 1.54) is 0 Å². The van der Waals surface area contributed by atoms with E-state index in [1.54, 1.807) is 13.0 Å². The quantitative estimate of drug-likeness (QED) is 0.654. The molecular weight excluding hydrogens is 410 g/mol. The van der Waals surface area contributed by atoms with Crippen molar-refractivity contribution in [2.45, 2.75) is 97.6 Å². The predicted molar refractivity (Wildman–Crippen MR) is 123 cm³/mol. The number of aliphatic hydroxyl groups is 1. The van der Waals surface area contributed by atoms with Crippen molar-refractivity contribution in [3.63, 3.8) is 0 Å². The molecule has 2 aliphatic rings. The number of rotatable bonds is 4. The van der Waals surface area contributed by atoms with Crippen LogP contribution in [0.25, 0.3) is 0 Å². The summed E-state index contributed by atoms with van der Waals surface area (Å²) >= 11 is 0. The Labute approximate surface area is 193 Å². The minimum atomic E-state index is -0.853. The topological polar surface area (TPSA) is 85.3 Å². The first-order valence-electron chi connectivity index (χ1n) is 12.0. The summed E-state index contributed by atoms with van der Waals surface area (Å²) in [5, 5.41) is 10.9. The summed E-state index contributed by atoms with van der Waals surface area (Å²) < 4.78 is 18.2. The predicted octanol–water partition coefficient (Wildman–Crippen LogP) is 3.19. The number of carbonyl (C=O) groups excluding carboxylic acids is 2. The lowest BCUT2D eigenvalue weighted by molar-refractivity contribution is -0.279. The summed E-state index contributed by atoms with van der Waals surface area (Å²) in [6.45, 7) is 11.6. The molecule has 7 heteroatoms. The summed E-state index contributed by atoms with van der Waals surface area (Å²) in [6, 6.07) is -0.108. The number of nitrogens with zero attached hydrogens (tertiary/aromatic N) is 1. The van der Waals surface area contributed by atoms with Crippen LogP contribution in [0.5, 0.6) is 0 Å². The highest BCUT2D eigenvalue weighted by molar-refractivity contribution is 5.91. The van der Waals surface area contributed by atoms with Crippen molar-refractivity contribution in [3.05, 3.63) is 12.2 Å². The standard InChI is InChI=1S/C25H43NO6/c1-9-21-14(2)10-11-20(27)15(3)12-16(4)23(18(6)24(29)31-21)32-25-22(28)19(26(7)8)13-17(5)30-25/h10-11,14-19,21-23,25,28H,9,12-13H2,1-8H3/t14-,15-,16+,17-,18-,19+,21-,22-,23+,25+/m1/s1. The lowest BCUT2D eigenvalue weighted by atomic mass is 9.84. The molecule has 0 aromatic heterocycles. The Balaban J connectivity index is 2.32. The van der Waals surface area contributed by atoms with Crippen LogP contribution in [0.4, 0.5) is 0 Å². The van der Waals surface area contributed by atoms with Gasteiger partial charge in [-0.15, -0.1) is 0 Å². The van der Waals surface area contributed by atoms with Gasteiger partial charge < -0.3 is 24.2 Å². The van der Waals surface area contributed by atoms with Crippen molar-refractivity contribution in [2.75, 3.05) is 14.1 Å². The number of ketones is 1. The molecule has 0 bridgehead atoms. The van der Waals surface area contributed by atoms with Gasteiger partial charge in [-0.1, -0.05) is 33.8 Å². The molecule has 2 rings (SSSR count). The zero-order valence-electron chi connectivity index (χ0n) is 21.0. The van der Waals surface area contributed by atoms with Gasteiger partial charge in [0, 0.05) is 17.9 Å². The van der Waals surface area contributed by atoms with Gasteiger partial charge in [-0.2, -0.15) is 0 Å². The van der Waals surface area contributed by atoms with Crippen LogP contribution in [0, 0.1) is 23.7 Å². The van der Waals surface area contributed by atoms with Gasteiger partial charge >= 0.3 is 5.97 Å². The van der Waals surface area contributed by atoms with Gasteiger partial charge in [0.2, 0.25) is 0 Å². The molecule has 0 saturated carbocycles. The molecule has 2 heterocycles.